The molecule has 1 aliphatic heterocycles. The normalized spacial score (nSPS) is 22.2. The van der Waals surface area contributed by atoms with E-state index in [1.165, 1.54) is 150 Å². The minimum atomic E-state index is -2.25. The summed E-state index contributed by atoms with van der Waals surface area (Å²) in [6.45, 7) is 29.9. The molecule has 0 saturated heterocycles. The fourth-order valence-corrected chi connectivity index (χ4v) is 21.8. The van der Waals surface area contributed by atoms with Crippen LogP contribution >= 0.6 is 0 Å². The third-order valence-electron chi connectivity index (χ3n) is 23.6. The zero-order chi connectivity index (χ0) is 59.6. The summed E-state index contributed by atoms with van der Waals surface area (Å²) in [5.41, 5.74) is 27.4. The predicted molar refractivity (Wildman–Crippen MR) is 372 cm³/mol. The maximum atomic E-state index is 2.77. The predicted octanol–water partition coefficient (Wildman–Crippen LogP) is 21.0. The minimum absolute atomic E-state index is 0.0693. The van der Waals surface area contributed by atoms with E-state index in [0.29, 0.717) is 5.92 Å². The summed E-state index contributed by atoms with van der Waals surface area (Å²) in [6.07, 6.45) is 14.5. The summed E-state index contributed by atoms with van der Waals surface area (Å²) in [4.78, 5) is 5.47. The molecule has 4 unspecified atom stereocenters. The van der Waals surface area contributed by atoms with Gasteiger partial charge in [0.1, 0.15) is 8.07 Å². The van der Waals surface area contributed by atoms with Crippen LogP contribution in [0.4, 0.5) is 28.4 Å². The second-order valence-electron chi connectivity index (χ2n) is 29.5. The van der Waals surface area contributed by atoms with E-state index in [0.717, 1.165) is 0 Å². The summed E-state index contributed by atoms with van der Waals surface area (Å²) in [7, 11) is -2.25. The van der Waals surface area contributed by atoms with Gasteiger partial charge in [-0.15, -0.1) is 0 Å². The first kappa shape index (κ1) is 52.8. The van der Waals surface area contributed by atoms with Crippen molar-refractivity contribution in [2.24, 2.45) is 17.3 Å². The van der Waals surface area contributed by atoms with Gasteiger partial charge in [0.2, 0.25) is 0 Å². The number of anilines is 5. The Kier molecular flexibility index (Phi) is 10.7. The van der Waals surface area contributed by atoms with E-state index >= 15 is 0 Å². The third kappa shape index (κ3) is 6.77. The van der Waals surface area contributed by atoms with E-state index in [4.69, 9.17) is 0 Å². The number of hydrogen-bond donors (Lipinski definition) is 0. The molecular weight excluding hydrogens is 1070 g/mol. The van der Waals surface area contributed by atoms with Crippen molar-refractivity contribution >= 4 is 74.0 Å². The molecule has 426 valence electrons. The van der Waals surface area contributed by atoms with E-state index < -0.39 is 8.07 Å². The molecule has 4 atom stereocenters. The van der Waals surface area contributed by atoms with Crippen molar-refractivity contribution in [3.8, 4) is 33.4 Å². The Morgan fingerprint density at radius 2 is 0.908 bits per heavy atom. The lowest BCUT2D eigenvalue weighted by Crippen LogP contribution is -2.49. The first-order chi connectivity index (χ1) is 41.7. The SMILES string of the molecule is CC1C(N(c2ccc3c(c2)C(C)(C)c2ccccc2-3)c2c3ccccc3c(N(c3ccc4c(c3)C(C)(C)c3ccccc3-4)c3ccc4c(c3)C(C)(C)C3(C)C=CC=CC43)c3cc4c(cc23)-c2ccccc2[Si]4(C)C)=CC=C2c3ccccc3C(C)(C)C21. The first-order valence-corrected chi connectivity index (χ1v) is 35.0. The lowest BCUT2D eigenvalue weighted by molar-refractivity contribution is 0.245. The second-order valence-corrected chi connectivity index (χ2v) is 33.8. The summed E-state index contributed by atoms with van der Waals surface area (Å²) < 4.78 is 0. The molecule has 0 radical (unpaired) electrons. The van der Waals surface area contributed by atoms with Crippen molar-refractivity contribution in [3.63, 3.8) is 0 Å². The van der Waals surface area contributed by atoms with Gasteiger partial charge in [0, 0.05) is 78.3 Å². The van der Waals surface area contributed by atoms with Gasteiger partial charge >= 0.3 is 0 Å². The quantitative estimate of drug-likeness (QED) is 0.0930. The monoisotopic (exact) mass is 1140 g/mol. The largest absolute Gasteiger partial charge is 0.313 e. The van der Waals surface area contributed by atoms with Crippen molar-refractivity contribution < 1.29 is 0 Å². The highest BCUT2D eigenvalue weighted by Crippen LogP contribution is 2.64. The lowest BCUT2D eigenvalue weighted by Gasteiger charge is -2.42. The van der Waals surface area contributed by atoms with Crippen molar-refractivity contribution in [2.45, 2.75) is 110 Å². The van der Waals surface area contributed by atoms with Gasteiger partial charge in [-0.2, -0.15) is 0 Å². The highest BCUT2D eigenvalue weighted by atomic mass is 28.3. The second kappa shape index (κ2) is 17.6. The zero-order valence-electron chi connectivity index (χ0n) is 52.5. The third-order valence-corrected chi connectivity index (χ3v) is 27.2. The molecule has 1 heterocycles. The van der Waals surface area contributed by atoms with Crippen molar-refractivity contribution in [1.82, 2.24) is 0 Å². The van der Waals surface area contributed by atoms with Gasteiger partial charge in [-0.05, 0) is 153 Å². The molecular formula is C84H76N2Si. The Morgan fingerprint density at radius 3 is 1.55 bits per heavy atom. The maximum absolute atomic E-state index is 2.77. The van der Waals surface area contributed by atoms with E-state index in [-0.39, 0.29) is 38.9 Å². The molecule has 0 fully saturated rings. The summed E-state index contributed by atoms with van der Waals surface area (Å²) in [5.74, 6) is 0.711. The number of nitrogens with zero attached hydrogens (tertiary/aromatic N) is 2. The Labute approximate surface area is 516 Å². The Morgan fingerprint density at radius 1 is 0.402 bits per heavy atom. The van der Waals surface area contributed by atoms with E-state index in [2.05, 4.69) is 317 Å². The Bertz CT molecular complexity index is 4860. The molecule has 3 heteroatoms. The van der Waals surface area contributed by atoms with Crippen LogP contribution in [0, 0.1) is 17.3 Å². The molecule has 0 saturated carbocycles. The molecule has 17 rings (SSSR count). The molecule has 7 aliphatic rings. The molecule has 6 aliphatic carbocycles. The van der Waals surface area contributed by atoms with Crippen molar-refractivity contribution in [1.29, 1.82) is 0 Å². The molecule has 0 bridgehead atoms. The number of hydrogen-bond acceptors (Lipinski definition) is 2. The standard InChI is InChI=1S/C84H76N2Si/c1-50-74(43-42-60-56-27-17-21-33-69(56)82(6,7)77(50)60)86(53-37-40-58-55-26-16-20-32-68(55)81(4,5)72(58)46-53)79-62-30-14-13-29-61(62)78(66-49-76-64(48-65(66)79)59-28-18-22-35-75(59)87(76,11)12)85(51-36-39-57-54-25-15-19-31-67(54)80(2,3)71(57)45-51)52-38-41-63-70-34-23-24-44-84(70,10)83(8,9)73(63)47-52/h13-50,70,77H,1-12H3. The lowest BCUT2D eigenvalue weighted by atomic mass is 9.62. The summed E-state index contributed by atoms with van der Waals surface area (Å²) in [6, 6.07) is 74.2. The van der Waals surface area contributed by atoms with Crippen molar-refractivity contribution in [3.05, 3.63) is 275 Å². The smallest absolute Gasteiger partial charge is 0.113 e. The number of allylic oxidation sites excluding steroid dienone is 8. The van der Waals surface area contributed by atoms with Crippen LogP contribution in [0.2, 0.25) is 13.1 Å². The highest BCUT2D eigenvalue weighted by Gasteiger charge is 2.54. The van der Waals surface area contributed by atoms with Crippen LogP contribution < -0.4 is 20.2 Å². The molecule has 10 aromatic carbocycles. The van der Waals surface area contributed by atoms with Crippen LogP contribution in [0.1, 0.15) is 120 Å². The van der Waals surface area contributed by atoms with Crippen LogP contribution in [-0.4, -0.2) is 8.07 Å². The average Bonchev–Trinajstić information content (AvgIpc) is 1.76. The topological polar surface area (TPSA) is 6.48 Å². The van der Waals surface area contributed by atoms with Gasteiger partial charge < -0.3 is 9.80 Å². The number of benzene rings is 10. The Hall–Kier alpha value is -8.50. The molecule has 0 amide bonds. The van der Waals surface area contributed by atoms with Crippen molar-refractivity contribution in [2.75, 3.05) is 9.80 Å². The molecule has 0 spiro atoms. The van der Waals surface area contributed by atoms with Gasteiger partial charge in [0.05, 0.1) is 11.4 Å². The fourth-order valence-electron chi connectivity index (χ4n) is 18.7. The molecule has 2 nitrogen and oxygen atoms in total. The van der Waals surface area contributed by atoms with Gasteiger partial charge in [-0.1, -0.05) is 258 Å². The van der Waals surface area contributed by atoms with Gasteiger partial charge in [-0.3, -0.25) is 0 Å². The summed E-state index contributed by atoms with van der Waals surface area (Å²) in [5, 5.41) is 8.02. The van der Waals surface area contributed by atoms with Gasteiger partial charge in [0.25, 0.3) is 0 Å². The average molecular weight is 1140 g/mol. The molecule has 87 heavy (non-hydrogen) atoms. The Balaban J connectivity index is 1.00. The first-order valence-electron chi connectivity index (χ1n) is 32.0. The minimum Gasteiger partial charge on any atom is -0.313 e. The van der Waals surface area contributed by atoms with Crippen LogP contribution in [0.5, 0.6) is 0 Å². The molecule has 10 aromatic rings. The van der Waals surface area contributed by atoms with Crippen LogP contribution in [-0.2, 0) is 21.7 Å². The fraction of sp³-hybridized carbons (Fsp3) is 0.238. The van der Waals surface area contributed by atoms with Crippen LogP contribution in [0.25, 0.3) is 60.5 Å². The van der Waals surface area contributed by atoms with E-state index in [9.17, 15) is 0 Å². The van der Waals surface area contributed by atoms with Crippen LogP contribution in [0.15, 0.2) is 230 Å². The van der Waals surface area contributed by atoms with Gasteiger partial charge in [-0.25, -0.2) is 0 Å². The van der Waals surface area contributed by atoms with E-state index in [1.54, 1.807) is 0 Å². The number of rotatable bonds is 6. The zero-order valence-corrected chi connectivity index (χ0v) is 53.5. The molecule has 0 aromatic heterocycles. The van der Waals surface area contributed by atoms with Gasteiger partial charge in [0.15, 0.2) is 0 Å². The molecule has 0 N–H and O–H groups in total. The summed E-state index contributed by atoms with van der Waals surface area (Å²) >= 11 is 0. The maximum Gasteiger partial charge on any atom is 0.113 e. The van der Waals surface area contributed by atoms with Crippen LogP contribution in [0.3, 0.4) is 0 Å². The van der Waals surface area contributed by atoms with E-state index in [1.807, 2.05) is 0 Å². The number of fused-ring (bicyclic) bond motifs is 17. The highest BCUT2D eigenvalue weighted by molar-refractivity contribution is 7.04.